The number of rotatable bonds is 3. The first kappa shape index (κ1) is 11.3. The number of carbonyl (C=O) groups excluding carboxylic acids is 1. The normalized spacial score (nSPS) is 10.0. The molecule has 0 spiro atoms. The summed E-state index contributed by atoms with van der Waals surface area (Å²) >= 11 is 10.9. The summed E-state index contributed by atoms with van der Waals surface area (Å²) in [5.41, 5.74) is 0.0625. The molecule has 0 heterocycles. The van der Waals surface area contributed by atoms with E-state index in [4.69, 9.17) is 27.9 Å². The molecule has 0 amide bonds. The van der Waals surface area contributed by atoms with Crippen LogP contribution in [0.3, 0.4) is 0 Å². The molecule has 0 atom stereocenters. The van der Waals surface area contributed by atoms with Crippen molar-refractivity contribution in [1.29, 1.82) is 0 Å². The zero-order valence-corrected chi connectivity index (χ0v) is 8.82. The summed E-state index contributed by atoms with van der Waals surface area (Å²) in [4.78, 5) is 11.3. The standard InChI is InChI=1S/C9H7Cl2FO2/c1-14-9-6(8(13)4-10)2-5(11)3-7(9)12/h2-3H,4H2,1H3. The minimum absolute atomic E-state index is 0.0625. The lowest BCUT2D eigenvalue weighted by Crippen LogP contribution is -2.05. The Morgan fingerprint density at radius 3 is 2.71 bits per heavy atom. The lowest BCUT2D eigenvalue weighted by molar-refractivity contribution is 0.101. The molecule has 0 saturated carbocycles. The van der Waals surface area contributed by atoms with Crippen LogP contribution in [0.15, 0.2) is 12.1 Å². The van der Waals surface area contributed by atoms with Crippen molar-refractivity contribution in [2.45, 2.75) is 0 Å². The van der Waals surface area contributed by atoms with E-state index in [9.17, 15) is 9.18 Å². The molecule has 1 rings (SSSR count). The quantitative estimate of drug-likeness (QED) is 0.596. The summed E-state index contributed by atoms with van der Waals surface area (Å²) in [5.74, 6) is -1.46. The fourth-order valence-electron chi connectivity index (χ4n) is 1.05. The van der Waals surface area contributed by atoms with Gasteiger partial charge in [-0.3, -0.25) is 4.79 Å². The molecule has 0 fully saturated rings. The van der Waals surface area contributed by atoms with Gasteiger partial charge in [0.2, 0.25) is 0 Å². The Labute approximate surface area is 90.6 Å². The molecule has 0 aliphatic heterocycles. The van der Waals surface area contributed by atoms with Gasteiger partial charge >= 0.3 is 0 Å². The average molecular weight is 237 g/mol. The van der Waals surface area contributed by atoms with Gasteiger partial charge in [-0.2, -0.15) is 0 Å². The highest BCUT2D eigenvalue weighted by Gasteiger charge is 2.16. The van der Waals surface area contributed by atoms with E-state index in [1.54, 1.807) is 0 Å². The van der Waals surface area contributed by atoms with Crippen molar-refractivity contribution in [2.24, 2.45) is 0 Å². The first-order valence-corrected chi connectivity index (χ1v) is 4.63. The average Bonchev–Trinajstić information content (AvgIpc) is 2.15. The Morgan fingerprint density at radius 1 is 1.57 bits per heavy atom. The molecule has 14 heavy (non-hydrogen) atoms. The molecule has 0 radical (unpaired) electrons. The fourth-order valence-corrected chi connectivity index (χ4v) is 1.40. The predicted molar refractivity (Wildman–Crippen MR) is 53.0 cm³/mol. The Bertz CT molecular complexity index is 366. The molecule has 0 bridgehead atoms. The maximum Gasteiger partial charge on any atom is 0.181 e. The predicted octanol–water partition coefficient (Wildman–Crippen LogP) is 2.91. The third kappa shape index (κ3) is 2.16. The van der Waals surface area contributed by atoms with Gasteiger partial charge in [0.15, 0.2) is 17.3 Å². The maximum atomic E-state index is 13.2. The van der Waals surface area contributed by atoms with Gasteiger partial charge in [-0.1, -0.05) is 11.6 Å². The van der Waals surface area contributed by atoms with E-state index in [0.29, 0.717) is 0 Å². The number of carbonyl (C=O) groups is 1. The van der Waals surface area contributed by atoms with Crippen LogP contribution in [0.2, 0.25) is 5.02 Å². The maximum absolute atomic E-state index is 13.2. The van der Waals surface area contributed by atoms with Gasteiger partial charge in [-0.15, -0.1) is 11.6 Å². The second kappa shape index (κ2) is 4.62. The van der Waals surface area contributed by atoms with Gasteiger partial charge in [0.1, 0.15) is 0 Å². The van der Waals surface area contributed by atoms with Crippen LogP contribution in [-0.4, -0.2) is 18.8 Å². The largest absolute Gasteiger partial charge is 0.493 e. The number of hydrogen-bond acceptors (Lipinski definition) is 2. The number of Topliss-reactive ketones (excluding diaryl/α,β-unsaturated/α-hetero) is 1. The van der Waals surface area contributed by atoms with E-state index in [-0.39, 0.29) is 22.2 Å². The highest BCUT2D eigenvalue weighted by atomic mass is 35.5. The second-order valence-electron chi connectivity index (χ2n) is 2.53. The van der Waals surface area contributed by atoms with Gasteiger partial charge < -0.3 is 4.74 Å². The molecule has 0 aliphatic carbocycles. The van der Waals surface area contributed by atoms with Crippen molar-refractivity contribution < 1.29 is 13.9 Å². The molecule has 0 N–H and O–H groups in total. The van der Waals surface area contributed by atoms with E-state index in [2.05, 4.69) is 0 Å². The van der Waals surface area contributed by atoms with Gasteiger partial charge in [-0.25, -0.2) is 4.39 Å². The Morgan fingerprint density at radius 2 is 2.21 bits per heavy atom. The molecule has 0 saturated heterocycles. The zero-order valence-electron chi connectivity index (χ0n) is 7.31. The lowest BCUT2D eigenvalue weighted by Gasteiger charge is -2.07. The molecule has 2 nitrogen and oxygen atoms in total. The van der Waals surface area contributed by atoms with Crippen molar-refractivity contribution in [3.63, 3.8) is 0 Å². The van der Waals surface area contributed by atoms with Gasteiger partial charge in [-0.05, 0) is 12.1 Å². The molecular formula is C9H7Cl2FO2. The number of halogens is 3. The molecule has 1 aromatic rings. The van der Waals surface area contributed by atoms with Gasteiger partial charge in [0.05, 0.1) is 18.6 Å². The number of benzene rings is 1. The smallest absolute Gasteiger partial charge is 0.181 e. The van der Waals surface area contributed by atoms with E-state index in [1.807, 2.05) is 0 Å². The molecule has 76 valence electrons. The molecule has 1 aromatic carbocycles. The van der Waals surface area contributed by atoms with Crippen LogP contribution in [0, 0.1) is 5.82 Å². The highest BCUT2D eigenvalue weighted by molar-refractivity contribution is 6.33. The van der Waals surface area contributed by atoms with Crippen LogP contribution in [0.5, 0.6) is 5.75 Å². The molecule has 0 unspecified atom stereocenters. The van der Waals surface area contributed by atoms with Gasteiger partial charge in [0.25, 0.3) is 0 Å². The molecule has 5 heteroatoms. The minimum atomic E-state index is -0.673. The van der Waals surface area contributed by atoms with Crippen LogP contribution in [0.1, 0.15) is 10.4 Å². The molecule has 0 aliphatic rings. The highest BCUT2D eigenvalue weighted by Crippen LogP contribution is 2.27. The molecular weight excluding hydrogens is 230 g/mol. The Hall–Kier alpha value is -0.800. The van der Waals surface area contributed by atoms with Crippen molar-refractivity contribution in [1.82, 2.24) is 0 Å². The van der Waals surface area contributed by atoms with Crippen LogP contribution < -0.4 is 4.74 Å². The number of methoxy groups -OCH3 is 1. The Kier molecular flexibility index (Phi) is 3.72. The summed E-state index contributed by atoms with van der Waals surface area (Å²) in [6, 6.07) is 2.40. The fraction of sp³-hybridized carbons (Fsp3) is 0.222. The van der Waals surface area contributed by atoms with Crippen LogP contribution in [0.25, 0.3) is 0 Å². The van der Waals surface area contributed by atoms with E-state index < -0.39 is 11.6 Å². The first-order valence-electron chi connectivity index (χ1n) is 3.72. The SMILES string of the molecule is COc1c(F)cc(Cl)cc1C(=O)CCl. The van der Waals surface area contributed by atoms with Crippen LogP contribution >= 0.6 is 23.2 Å². The number of hydrogen-bond donors (Lipinski definition) is 0. The summed E-state index contributed by atoms with van der Waals surface area (Å²) in [7, 11) is 1.28. The van der Waals surface area contributed by atoms with E-state index >= 15 is 0 Å². The first-order chi connectivity index (χ1) is 6.60. The van der Waals surface area contributed by atoms with Crippen molar-refractivity contribution >= 4 is 29.0 Å². The topological polar surface area (TPSA) is 26.3 Å². The van der Waals surface area contributed by atoms with Crippen LogP contribution in [-0.2, 0) is 0 Å². The van der Waals surface area contributed by atoms with Gasteiger partial charge in [0, 0.05) is 5.02 Å². The lowest BCUT2D eigenvalue weighted by atomic mass is 10.1. The van der Waals surface area contributed by atoms with E-state index in [0.717, 1.165) is 6.07 Å². The minimum Gasteiger partial charge on any atom is -0.493 e. The number of alkyl halides is 1. The monoisotopic (exact) mass is 236 g/mol. The van der Waals surface area contributed by atoms with Crippen LogP contribution in [0.4, 0.5) is 4.39 Å². The molecule has 0 aromatic heterocycles. The third-order valence-corrected chi connectivity index (χ3v) is 2.10. The number of ketones is 1. The third-order valence-electron chi connectivity index (χ3n) is 1.63. The Balaban J connectivity index is 3.32. The van der Waals surface area contributed by atoms with Crippen molar-refractivity contribution in [3.8, 4) is 5.75 Å². The van der Waals surface area contributed by atoms with E-state index in [1.165, 1.54) is 13.2 Å². The summed E-state index contributed by atoms with van der Waals surface area (Å²) in [5, 5.41) is 0.136. The summed E-state index contributed by atoms with van der Waals surface area (Å²) in [6.07, 6.45) is 0. The van der Waals surface area contributed by atoms with Crippen molar-refractivity contribution in [3.05, 3.63) is 28.5 Å². The summed E-state index contributed by atoms with van der Waals surface area (Å²) in [6.45, 7) is 0. The van der Waals surface area contributed by atoms with Crippen molar-refractivity contribution in [2.75, 3.05) is 13.0 Å². The number of ether oxygens (including phenoxy) is 1. The second-order valence-corrected chi connectivity index (χ2v) is 3.23. The summed E-state index contributed by atoms with van der Waals surface area (Å²) < 4.78 is 17.9. The zero-order chi connectivity index (χ0) is 10.7.